The van der Waals surface area contributed by atoms with Crippen LogP contribution >= 0.6 is 0 Å². The number of fused-ring (bicyclic) bond motifs is 10. The Bertz CT molecular complexity index is 3350. The average molecular weight is 1210 g/mol. The van der Waals surface area contributed by atoms with E-state index < -0.39 is 29.4 Å². The number of hydrogen-bond donors (Lipinski definition) is 4. The number of Topliss-reactive ketones (excluding diaryl/α,β-unsaturated/α-hetero) is 1. The fourth-order valence-electron chi connectivity index (χ4n) is 12.0. The van der Waals surface area contributed by atoms with E-state index in [2.05, 4.69) is 39.1 Å². The lowest BCUT2D eigenvalue weighted by molar-refractivity contribution is -0.147. The number of anilines is 2. The van der Waals surface area contributed by atoms with Crippen molar-refractivity contribution in [3.05, 3.63) is 117 Å². The van der Waals surface area contributed by atoms with Crippen molar-refractivity contribution >= 4 is 41.0 Å². The van der Waals surface area contributed by atoms with E-state index >= 15 is 0 Å². The fraction of sp³-hybridized carbons (Fsp3) is 0.523. The van der Waals surface area contributed by atoms with Gasteiger partial charge in [0.25, 0.3) is 5.91 Å². The van der Waals surface area contributed by atoms with Crippen LogP contribution in [0.15, 0.2) is 66.9 Å². The number of carbonyl (C=O) groups is 5. The van der Waals surface area contributed by atoms with E-state index in [1.807, 2.05) is 56.0 Å². The Balaban J connectivity index is 0.666. The van der Waals surface area contributed by atoms with Gasteiger partial charge in [-0.15, -0.1) is 0 Å². The molecular weight excluding hydrogens is 1130 g/mol. The van der Waals surface area contributed by atoms with E-state index in [4.69, 9.17) is 39.5 Å². The van der Waals surface area contributed by atoms with Crippen LogP contribution in [-0.2, 0) is 70.6 Å². The number of ether oxygens (including phenoxy) is 5. The number of nitrogens with zero attached hydrogens (tertiary/aromatic N) is 8. The van der Waals surface area contributed by atoms with Crippen LogP contribution < -0.4 is 31.3 Å². The van der Waals surface area contributed by atoms with Crippen molar-refractivity contribution < 1.29 is 52.0 Å². The number of rotatable bonds is 26. The van der Waals surface area contributed by atoms with Crippen molar-refractivity contribution in [1.29, 1.82) is 5.26 Å². The molecule has 88 heavy (non-hydrogen) atoms. The molecule has 4 aliphatic rings. The summed E-state index contributed by atoms with van der Waals surface area (Å²) in [5.41, 5.74) is 12.2. The minimum absolute atomic E-state index is 0.00461. The molecule has 5 N–H and O–H groups in total. The van der Waals surface area contributed by atoms with Gasteiger partial charge in [-0.25, -0.2) is 14.4 Å². The van der Waals surface area contributed by atoms with Crippen molar-refractivity contribution in [3.8, 4) is 23.1 Å². The Morgan fingerprint density at radius 1 is 0.864 bits per heavy atom. The van der Waals surface area contributed by atoms with E-state index in [1.54, 1.807) is 30.6 Å². The summed E-state index contributed by atoms with van der Waals surface area (Å²) in [6.07, 6.45) is 6.78. The number of amides is 4. The van der Waals surface area contributed by atoms with Crippen molar-refractivity contribution in [2.24, 2.45) is 5.41 Å². The van der Waals surface area contributed by atoms with Crippen molar-refractivity contribution in [2.75, 3.05) is 90.7 Å². The van der Waals surface area contributed by atoms with Gasteiger partial charge in [0, 0.05) is 51.5 Å². The van der Waals surface area contributed by atoms with Gasteiger partial charge in [0.15, 0.2) is 11.6 Å². The predicted molar refractivity (Wildman–Crippen MR) is 326 cm³/mol. The molecule has 2 aromatic heterocycles. The van der Waals surface area contributed by atoms with Gasteiger partial charge >= 0.3 is 0 Å². The first-order valence-corrected chi connectivity index (χ1v) is 30.6. The Kier molecular flexibility index (Phi) is 21.9. The molecule has 1 saturated heterocycles. The topological polar surface area (TPSA) is 271 Å². The van der Waals surface area contributed by atoms with E-state index in [-0.39, 0.29) is 98.7 Å². The third-order valence-electron chi connectivity index (χ3n) is 16.8. The van der Waals surface area contributed by atoms with Crippen LogP contribution in [0.1, 0.15) is 134 Å². The first-order valence-electron chi connectivity index (χ1n) is 30.6. The molecule has 5 aromatic rings. The number of nitrogens with two attached hydrogens (primary N) is 1. The lowest BCUT2D eigenvalue weighted by Crippen LogP contribution is -2.62. The molecular formula is C65H83FN12O10. The minimum atomic E-state index is -0.894. The maximum atomic E-state index is 14.7. The van der Waals surface area contributed by atoms with Crippen LogP contribution in [0.3, 0.4) is 0 Å². The number of likely N-dealkylation sites (N-methyl/N-ethyl adjacent to an activating group) is 1. The smallest absolute Gasteiger partial charge is 0.254 e. The second-order valence-electron chi connectivity index (χ2n) is 24.0. The molecule has 4 amide bonds. The van der Waals surface area contributed by atoms with Crippen LogP contribution in [0, 0.1) is 22.6 Å². The van der Waals surface area contributed by atoms with Gasteiger partial charge in [-0.1, -0.05) is 51.1 Å². The molecule has 1 fully saturated rings. The number of hydrogen-bond acceptors (Lipinski definition) is 17. The van der Waals surface area contributed by atoms with Gasteiger partial charge in [0.1, 0.15) is 47.8 Å². The molecule has 3 aromatic carbocycles. The highest BCUT2D eigenvalue weighted by Gasteiger charge is 2.43. The maximum Gasteiger partial charge on any atom is 0.254 e. The van der Waals surface area contributed by atoms with Crippen molar-refractivity contribution in [1.82, 2.24) is 45.5 Å². The molecule has 5 atom stereocenters. The summed E-state index contributed by atoms with van der Waals surface area (Å²) in [7, 11) is 3.33. The van der Waals surface area contributed by atoms with Gasteiger partial charge < -0.3 is 60.1 Å². The second-order valence-corrected chi connectivity index (χ2v) is 24.0. The molecule has 22 nitrogen and oxygen atoms in total. The fourth-order valence-corrected chi connectivity index (χ4v) is 12.0. The molecule has 470 valence electrons. The van der Waals surface area contributed by atoms with E-state index in [0.717, 1.165) is 42.4 Å². The Morgan fingerprint density at radius 3 is 2.32 bits per heavy atom. The quantitative estimate of drug-likeness (QED) is 0.0440. The number of halogens is 1. The van der Waals surface area contributed by atoms with Gasteiger partial charge in [0.2, 0.25) is 17.7 Å². The SMILES string of the molecule is CN[C@@H](C)C(=O)N[C@H](C(=O)N1Cc2cc(OCCOCCOCCOCCOCCC(=O)CCCn3nc4c(c3C#N)-c3cnc(N)c(n3)N3CCC[C@@H]3c3cc(F)ccc3C(=O)N(C)C4)ccc2C[C@H]1C(=O)N[C@@H]1CCCc2ccccc21)C(C)(C)C. The normalized spacial score (nSPS) is 17.9. The summed E-state index contributed by atoms with van der Waals surface area (Å²) in [5.74, 6) is -0.464. The molecule has 3 aliphatic heterocycles. The Morgan fingerprint density at radius 2 is 1.59 bits per heavy atom. The molecule has 23 heteroatoms. The number of nitriles is 1. The van der Waals surface area contributed by atoms with E-state index in [9.17, 15) is 33.6 Å². The summed E-state index contributed by atoms with van der Waals surface area (Å²) in [5, 5.41) is 24.5. The van der Waals surface area contributed by atoms with Gasteiger partial charge in [-0.2, -0.15) is 10.4 Å². The van der Waals surface area contributed by atoms with Crippen molar-refractivity contribution in [3.63, 3.8) is 0 Å². The third kappa shape index (κ3) is 15.7. The molecule has 0 radical (unpaired) electrons. The first-order chi connectivity index (χ1) is 42.4. The number of nitrogens with one attached hydrogen (secondary N) is 3. The Hall–Kier alpha value is -7.88. The van der Waals surface area contributed by atoms with Gasteiger partial charge in [-0.3, -0.25) is 28.7 Å². The number of aryl methyl sites for hydroxylation is 2. The molecule has 5 heterocycles. The summed E-state index contributed by atoms with van der Waals surface area (Å²) < 4.78 is 45.1. The standard InChI is InChI=1S/C65H83FN12O10/c1-41(69-5)61(80)73-58(65(2,3)4)64(83)77-39-44-34-47(20-18-43(44)35-55(77)62(81)72-51-16-9-13-42-12-7-8-15-48(42)51)88-33-32-87-31-30-86-29-28-85-27-26-84-25-22-46(79)14-10-24-78-56(37-67)57-52-38-70-59(68)60(71-52)76-23-11-17-54(76)50-36-45(66)19-21-49(50)63(82)75(6)40-53(57)74-78/h7-8,12,15,18-21,34,36,38,41,51,54-55,58,69H,9-11,13-14,16-17,22-33,35,39-40H2,1-6H3,(H2,68,70)(H,72,81)(H,73,80)/t41-,51+,54+,55-,58+/m0/s1. The van der Waals surface area contributed by atoms with E-state index in [0.29, 0.717) is 112 Å². The molecule has 0 saturated carbocycles. The van der Waals surface area contributed by atoms with Crippen LogP contribution in [-0.4, -0.2) is 157 Å². The average Bonchev–Trinajstić information content (AvgIpc) is 2.10. The molecule has 9 rings (SSSR count). The third-order valence-corrected chi connectivity index (χ3v) is 16.8. The number of benzene rings is 3. The number of aromatic nitrogens is 4. The lowest BCUT2D eigenvalue weighted by Gasteiger charge is -2.41. The zero-order chi connectivity index (χ0) is 62.5. The number of ketones is 1. The molecule has 0 unspecified atom stereocenters. The van der Waals surface area contributed by atoms with Gasteiger partial charge in [-0.05, 0) is 116 Å². The van der Waals surface area contributed by atoms with Crippen LogP contribution in [0.2, 0.25) is 0 Å². The molecule has 2 bridgehead atoms. The summed E-state index contributed by atoms with van der Waals surface area (Å²) in [4.78, 5) is 83.7. The van der Waals surface area contributed by atoms with Crippen LogP contribution in [0.25, 0.3) is 11.3 Å². The van der Waals surface area contributed by atoms with Crippen molar-refractivity contribution in [2.45, 2.75) is 135 Å². The minimum Gasteiger partial charge on any atom is -0.491 e. The second kappa shape index (κ2) is 29.9. The summed E-state index contributed by atoms with van der Waals surface area (Å²) >= 11 is 0. The molecule has 0 spiro atoms. The first kappa shape index (κ1) is 64.6. The number of carbonyl (C=O) groups excluding carboxylic acids is 5. The lowest BCUT2D eigenvalue weighted by atomic mass is 9.83. The number of nitrogen functional groups attached to an aromatic ring is 1. The Labute approximate surface area is 513 Å². The summed E-state index contributed by atoms with van der Waals surface area (Å²) in [6, 6.07) is 17.6. The van der Waals surface area contributed by atoms with Crippen LogP contribution in [0.4, 0.5) is 16.0 Å². The zero-order valence-electron chi connectivity index (χ0n) is 51.4. The molecule has 1 aliphatic carbocycles. The highest BCUT2D eigenvalue weighted by molar-refractivity contribution is 5.96. The summed E-state index contributed by atoms with van der Waals surface area (Å²) in [6.45, 7) is 11.3. The maximum absolute atomic E-state index is 14.7. The van der Waals surface area contributed by atoms with Gasteiger partial charge in [0.05, 0.1) is 101 Å². The highest BCUT2D eigenvalue weighted by atomic mass is 19.1. The zero-order valence-corrected chi connectivity index (χ0v) is 51.4. The largest absolute Gasteiger partial charge is 0.491 e. The predicted octanol–water partition coefficient (Wildman–Crippen LogP) is 6.33. The highest BCUT2D eigenvalue weighted by Crippen LogP contribution is 2.41. The monoisotopic (exact) mass is 1210 g/mol. The van der Waals surface area contributed by atoms with E-state index in [1.165, 1.54) is 34.9 Å². The van der Waals surface area contributed by atoms with Crippen LogP contribution in [0.5, 0.6) is 5.75 Å².